The van der Waals surface area contributed by atoms with Gasteiger partial charge < -0.3 is 9.30 Å². The van der Waals surface area contributed by atoms with Gasteiger partial charge in [0.05, 0.1) is 11.6 Å². The predicted octanol–water partition coefficient (Wildman–Crippen LogP) is 6.92. The number of pyridine rings is 1. The first-order valence-electron chi connectivity index (χ1n) is 12.0. The Bertz CT molecular complexity index is 1810. The van der Waals surface area contributed by atoms with Crippen molar-refractivity contribution in [2.24, 2.45) is 0 Å². The van der Waals surface area contributed by atoms with Crippen LogP contribution in [0.2, 0.25) is 0 Å². The van der Waals surface area contributed by atoms with Crippen LogP contribution in [0.1, 0.15) is 31.9 Å². The molecule has 0 saturated carbocycles. The van der Waals surface area contributed by atoms with Gasteiger partial charge in [-0.3, -0.25) is 4.68 Å². The van der Waals surface area contributed by atoms with Crippen LogP contribution in [0.25, 0.3) is 33.3 Å². The standard InChI is InChI=1S/C31H23N5O.Pt/c1-31(2,3)22-12-14-33-30(17-22)36-28-11-8-21(20-32)16-27(28)26-10-9-25(19-29(26)36)37-24-7-4-6-23(18-24)35-15-5-13-34-35;/h4-17H,1-3H3;/q-2;+2. The second-order valence-electron chi connectivity index (χ2n) is 9.87. The van der Waals surface area contributed by atoms with E-state index in [4.69, 9.17) is 9.72 Å². The SMILES string of the molecule is CC(C)(C)c1ccnc(-n2c3[c-]c(Oc4[c-]c(-n5cccn5)ccc4)ccc3c3cc(C#N)ccc32)c1.[Pt+2]. The maximum absolute atomic E-state index is 9.51. The van der Waals surface area contributed by atoms with Crippen molar-refractivity contribution >= 4 is 21.8 Å². The second kappa shape index (κ2) is 9.93. The maximum Gasteiger partial charge on any atom is 2.00 e. The summed E-state index contributed by atoms with van der Waals surface area (Å²) < 4.78 is 10.0. The molecule has 188 valence electrons. The molecular weight excluding hydrogens is 653 g/mol. The molecule has 0 fully saturated rings. The fourth-order valence-electron chi connectivity index (χ4n) is 4.46. The minimum absolute atomic E-state index is 0. The number of aromatic nitrogens is 4. The van der Waals surface area contributed by atoms with Gasteiger partial charge in [0.15, 0.2) is 0 Å². The molecule has 0 radical (unpaired) electrons. The largest absolute Gasteiger partial charge is 2.00 e. The van der Waals surface area contributed by atoms with Gasteiger partial charge in [0.2, 0.25) is 0 Å². The minimum Gasteiger partial charge on any atom is -0.509 e. The van der Waals surface area contributed by atoms with E-state index < -0.39 is 0 Å². The predicted molar refractivity (Wildman–Crippen MR) is 143 cm³/mol. The van der Waals surface area contributed by atoms with Gasteiger partial charge in [0.1, 0.15) is 5.82 Å². The number of fused-ring (bicyclic) bond motifs is 3. The molecule has 0 aliphatic carbocycles. The molecular formula is C31H23N5OPt. The molecule has 0 N–H and O–H groups in total. The van der Waals surface area contributed by atoms with Crippen molar-refractivity contribution in [3.8, 4) is 29.1 Å². The molecule has 3 aromatic carbocycles. The third kappa shape index (κ3) is 4.62. The summed E-state index contributed by atoms with van der Waals surface area (Å²) in [6.45, 7) is 6.55. The van der Waals surface area contributed by atoms with Crippen molar-refractivity contribution in [3.63, 3.8) is 0 Å². The summed E-state index contributed by atoms with van der Waals surface area (Å²) in [6, 6.07) is 30.3. The Morgan fingerprint density at radius 1 is 0.895 bits per heavy atom. The van der Waals surface area contributed by atoms with Gasteiger partial charge >= 0.3 is 21.1 Å². The van der Waals surface area contributed by atoms with E-state index in [1.807, 2.05) is 73.1 Å². The molecule has 6 nitrogen and oxygen atoms in total. The van der Waals surface area contributed by atoms with Crippen molar-refractivity contribution < 1.29 is 25.8 Å². The minimum atomic E-state index is -0.0299. The molecule has 0 atom stereocenters. The fourth-order valence-corrected chi connectivity index (χ4v) is 4.46. The van der Waals surface area contributed by atoms with E-state index in [9.17, 15) is 5.26 Å². The van der Waals surface area contributed by atoms with Crippen molar-refractivity contribution in [2.75, 3.05) is 0 Å². The van der Waals surface area contributed by atoms with E-state index in [0.29, 0.717) is 17.1 Å². The smallest absolute Gasteiger partial charge is 0.509 e. The van der Waals surface area contributed by atoms with E-state index >= 15 is 0 Å². The van der Waals surface area contributed by atoms with E-state index in [1.54, 1.807) is 10.9 Å². The summed E-state index contributed by atoms with van der Waals surface area (Å²) in [6.07, 6.45) is 5.43. The molecule has 0 saturated heterocycles. The summed E-state index contributed by atoms with van der Waals surface area (Å²) >= 11 is 0. The number of nitriles is 1. The average Bonchev–Trinajstić information content (AvgIpc) is 3.55. The summed E-state index contributed by atoms with van der Waals surface area (Å²) in [5.74, 6) is 1.90. The van der Waals surface area contributed by atoms with Gasteiger partial charge in [-0.1, -0.05) is 26.3 Å². The summed E-state index contributed by atoms with van der Waals surface area (Å²) in [7, 11) is 0. The average molecular weight is 677 g/mol. The van der Waals surface area contributed by atoms with Crippen LogP contribution in [0.15, 0.2) is 85.3 Å². The van der Waals surface area contributed by atoms with Gasteiger partial charge in [-0.15, -0.1) is 35.7 Å². The van der Waals surface area contributed by atoms with Crippen LogP contribution in [0.3, 0.4) is 0 Å². The number of ether oxygens (including phenoxy) is 1. The number of hydrogen-bond donors (Lipinski definition) is 0. The molecule has 6 aromatic rings. The van der Waals surface area contributed by atoms with E-state index in [0.717, 1.165) is 33.3 Å². The molecule has 0 unspecified atom stereocenters. The quantitative estimate of drug-likeness (QED) is 0.190. The molecule has 0 bridgehead atoms. The van der Waals surface area contributed by atoms with Crippen LogP contribution in [-0.2, 0) is 26.5 Å². The zero-order chi connectivity index (χ0) is 25.6. The topological polar surface area (TPSA) is 68.7 Å². The molecule has 6 rings (SSSR count). The number of hydrogen-bond acceptors (Lipinski definition) is 4. The zero-order valence-electron chi connectivity index (χ0n) is 21.0. The van der Waals surface area contributed by atoms with Gasteiger partial charge in [-0.05, 0) is 58.5 Å². The fraction of sp³-hybridized carbons (Fsp3) is 0.129. The molecule has 0 amide bonds. The third-order valence-electron chi connectivity index (χ3n) is 6.34. The summed E-state index contributed by atoms with van der Waals surface area (Å²) in [4.78, 5) is 4.71. The van der Waals surface area contributed by atoms with Gasteiger partial charge in [0, 0.05) is 35.6 Å². The summed E-state index contributed by atoms with van der Waals surface area (Å²) in [5.41, 5.74) is 4.31. The monoisotopic (exact) mass is 676 g/mol. The molecule has 0 aliphatic rings. The second-order valence-corrected chi connectivity index (χ2v) is 9.87. The Kier molecular flexibility index (Phi) is 6.65. The van der Waals surface area contributed by atoms with Crippen molar-refractivity contribution in [1.29, 1.82) is 5.26 Å². The van der Waals surface area contributed by atoms with Gasteiger partial charge in [-0.25, -0.2) is 4.98 Å². The molecule has 0 spiro atoms. The summed E-state index contributed by atoms with van der Waals surface area (Å²) in [5, 5.41) is 15.7. The first-order chi connectivity index (χ1) is 17.9. The van der Waals surface area contributed by atoms with Crippen LogP contribution in [0.4, 0.5) is 0 Å². The Hall–Kier alpha value is -4.20. The van der Waals surface area contributed by atoms with Crippen molar-refractivity contribution in [2.45, 2.75) is 26.2 Å². The molecule has 38 heavy (non-hydrogen) atoms. The molecule has 3 aromatic heterocycles. The Morgan fingerprint density at radius 3 is 2.50 bits per heavy atom. The first-order valence-corrected chi connectivity index (χ1v) is 12.0. The first kappa shape index (κ1) is 25.4. The Labute approximate surface area is 235 Å². The van der Waals surface area contributed by atoms with E-state index in [2.05, 4.69) is 54.7 Å². The normalized spacial score (nSPS) is 11.3. The van der Waals surface area contributed by atoms with Crippen molar-refractivity contribution in [1.82, 2.24) is 19.3 Å². The Balaban J connectivity index is 0.00000294. The van der Waals surface area contributed by atoms with Gasteiger partial charge in [0.25, 0.3) is 0 Å². The molecule has 7 heteroatoms. The van der Waals surface area contributed by atoms with Crippen LogP contribution in [0.5, 0.6) is 11.5 Å². The maximum atomic E-state index is 9.51. The van der Waals surface area contributed by atoms with Crippen LogP contribution >= 0.6 is 0 Å². The molecule has 0 aliphatic heterocycles. The van der Waals surface area contributed by atoms with E-state index in [-0.39, 0.29) is 26.5 Å². The van der Waals surface area contributed by atoms with Gasteiger partial charge in [-0.2, -0.15) is 22.5 Å². The van der Waals surface area contributed by atoms with Crippen LogP contribution in [-0.4, -0.2) is 19.3 Å². The number of nitrogens with zero attached hydrogens (tertiary/aromatic N) is 5. The number of rotatable bonds is 4. The van der Waals surface area contributed by atoms with Crippen molar-refractivity contribution in [3.05, 3.63) is 109 Å². The third-order valence-corrected chi connectivity index (χ3v) is 6.34. The Morgan fingerprint density at radius 2 is 1.74 bits per heavy atom. The zero-order valence-corrected chi connectivity index (χ0v) is 23.3. The van der Waals surface area contributed by atoms with E-state index in [1.165, 1.54) is 5.56 Å². The van der Waals surface area contributed by atoms with Crippen LogP contribution in [0, 0.1) is 23.5 Å². The number of benzene rings is 3. The molecule has 3 heterocycles. The van der Waals surface area contributed by atoms with Crippen LogP contribution < -0.4 is 4.74 Å².